The number of rotatable bonds is 5. The fourth-order valence-electron chi connectivity index (χ4n) is 1.94. The van der Waals surface area contributed by atoms with Crippen LogP contribution in [0.25, 0.3) is 0 Å². The van der Waals surface area contributed by atoms with Crippen molar-refractivity contribution in [2.75, 3.05) is 0 Å². The Hall–Kier alpha value is -1.88. The normalized spacial score (nSPS) is 11.5. The fourth-order valence-corrected chi connectivity index (χ4v) is 2.45. The SMILES string of the molecule is CCC(=NO)c1ccc(OCc2cc(F)cc(Br)c2)cc1. The van der Waals surface area contributed by atoms with Crippen molar-refractivity contribution < 1.29 is 14.3 Å². The van der Waals surface area contributed by atoms with Crippen molar-refractivity contribution in [2.24, 2.45) is 5.16 Å². The number of ether oxygens (including phenoxy) is 1. The lowest BCUT2D eigenvalue weighted by atomic mass is 10.1. The monoisotopic (exact) mass is 351 g/mol. The summed E-state index contributed by atoms with van der Waals surface area (Å²) in [5.41, 5.74) is 2.22. The number of hydrogen-bond acceptors (Lipinski definition) is 3. The Bertz CT molecular complexity index is 621. The molecular weight excluding hydrogens is 337 g/mol. The van der Waals surface area contributed by atoms with Crippen LogP contribution in [0.2, 0.25) is 0 Å². The van der Waals surface area contributed by atoms with Crippen LogP contribution >= 0.6 is 15.9 Å². The number of oxime groups is 1. The van der Waals surface area contributed by atoms with E-state index in [-0.39, 0.29) is 12.4 Å². The van der Waals surface area contributed by atoms with Crippen LogP contribution in [0, 0.1) is 5.82 Å². The second-order valence-electron chi connectivity index (χ2n) is 4.49. The maximum absolute atomic E-state index is 13.3. The van der Waals surface area contributed by atoms with Crippen LogP contribution in [-0.2, 0) is 6.61 Å². The largest absolute Gasteiger partial charge is 0.489 e. The molecule has 0 atom stereocenters. The Morgan fingerprint density at radius 1 is 1.24 bits per heavy atom. The van der Waals surface area contributed by atoms with Crippen molar-refractivity contribution in [1.82, 2.24) is 0 Å². The third kappa shape index (κ3) is 4.29. The first-order chi connectivity index (χ1) is 10.1. The second-order valence-corrected chi connectivity index (χ2v) is 5.41. The zero-order chi connectivity index (χ0) is 15.2. The van der Waals surface area contributed by atoms with Crippen LogP contribution in [-0.4, -0.2) is 10.9 Å². The first-order valence-electron chi connectivity index (χ1n) is 6.51. The second kappa shape index (κ2) is 7.22. The van der Waals surface area contributed by atoms with Crippen LogP contribution < -0.4 is 4.74 Å². The summed E-state index contributed by atoms with van der Waals surface area (Å²) in [6, 6.07) is 11.9. The average molecular weight is 352 g/mol. The van der Waals surface area contributed by atoms with E-state index in [2.05, 4.69) is 21.1 Å². The van der Waals surface area contributed by atoms with Crippen molar-refractivity contribution in [3.63, 3.8) is 0 Å². The van der Waals surface area contributed by atoms with Gasteiger partial charge in [-0.3, -0.25) is 0 Å². The fraction of sp³-hybridized carbons (Fsp3) is 0.188. The molecule has 3 nitrogen and oxygen atoms in total. The molecule has 2 aromatic rings. The highest BCUT2D eigenvalue weighted by molar-refractivity contribution is 9.10. The topological polar surface area (TPSA) is 41.8 Å². The van der Waals surface area contributed by atoms with Gasteiger partial charge in [0.1, 0.15) is 18.2 Å². The molecule has 0 spiro atoms. The molecule has 0 radical (unpaired) electrons. The van der Waals surface area contributed by atoms with Crippen molar-refractivity contribution >= 4 is 21.6 Å². The van der Waals surface area contributed by atoms with Gasteiger partial charge in [0, 0.05) is 4.47 Å². The molecule has 0 amide bonds. The molecule has 1 N–H and O–H groups in total. The third-order valence-electron chi connectivity index (χ3n) is 2.97. The van der Waals surface area contributed by atoms with E-state index in [0.29, 0.717) is 22.4 Å². The van der Waals surface area contributed by atoms with Crippen molar-refractivity contribution in [2.45, 2.75) is 20.0 Å². The first-order valence-corrected chi connectivity index (χ1v) is 7.31. The molecule has 0 aliphatic rings. The molecule has 0 aliphatic carbocycles. The highest BCUT2D eigenvalue weighted by Gasteiger charge is 2.03. The van der Waals surface area contributed by atoms with E-state index in [4.69, 9.17) is 9.94 Å². The standard InChI is InChI=1S/C16H15BrFNO2/c1-2-16(19-20)12-3-5-15(6-4-12)21-10-11-7-13(17)9-14(18)8-11/h3-9,20H,2,10H2,1H3. The minimum atomic E-state index is -0.301. The summed E-state index contributed by atoms with van der Waals surface area (Å²) in [7, 11) is 0. The van der Waals surface area contributed by atoms with E-state index in [1.165, 1.54) is 12.1 Å². The van der Waals surface area contributed by atoms with Gasteiger partial charge in [-0.15, -0.1) is 0 Å². The van der Waals surface area contributed by atoms with Crippen LogP contribution in [0.5, 0.6) is 5.75 Å². The molecule has 0 saturated heterocycles. The zero-order valence-corrected chi connectivity index (χ0v) is 13.1. The molecule has 5 heteroatoms. The summed E-state index contributed by atoms with van der Waals surface area (Å²) in [4.78, 5) is 0. The van der Waals surface area contributed by atoms with Gasteiger partial charge in [-0.2, -0.15) is 0 Å². The number of benzene rings is 2. The average Bonchev–Trinajstić information content (AvgIpc) is 2.47. The molecule has 0 saturated carbocycles. The summed E-state index contributed by atoms with van der Waals surface area (Å²) in [5.74, 6) is 0.373. The molecule has 0 aliphatic heterocycles. The number of halogens is 2. The molecule has 0 fully saturated rings. The zero-order valence-electron chi connectivity index (χ0n) is 11.5. The molecular formula is C16H15BrFNO2. The van der Waals surface area contributed by atoms with Gasteiger partial charge in [0.05, 0.1) is 5.71 Å². The highest BCUT2D eigenvalue weighted by Crippen LogP contribution is 2.18. The Kier molecular flexibility index (Phi) is 5.33. The maximum atomic E-state index is 13.3. The van der Waals surface area contributed by atoms with Crippen LogP contribution in [0.1, 0.15) is 24.5 Å². The summed E-state index contributed by atoms with van der Waals surface area (Å²) in [6.07, 6.45) is 0.647. The Morgan fingerprint density at radius 3 is 2.52 bits per heavy atom. The van der Waals surface area contributed by atoms with Crippen LogP contribution in [0.4, 0.5) is 4.39 Å². The highest BCUT2D eigenvalue weighted by atomic mass is 79.9. The van der Waals surface area contributed by atoms with Gasteiger partial charge < -0.3 is 9.94 Å². The molecule has 2 aromatic carbocycles. The Balaban J connectivity index is 2.04. The van der Waals surface area contributed by atoms with Crippen molar-refractivity contribution in [1.29, 1.82) is 0 Å². The molecule has 2 rings (SSSR count). The van der Waals surface area contributed by atoms with Gasteiger partial charge in [0.25, 0.3) is 0 Å². The van der Waals surface area contributed by atoms with Gasteiger partial charge in [-0.05, 0) is 60.0 Å². The van der Waals surface area contributed by atoms with Crippen LogP contribution in [0.3, 0.4) is 0 Å². The lowest BCUT2D eigenvalue weighted by molar-refractivity contribution is 0.305. The van der Waals surface area contributed by atoms with E-state index >= 15 is 0 Å². The van der Waals surface area contributed by atoms with E-state index in [1.807, 2.05) is 25.1 Å². The summed E-state index contributed by atoms with van der Waals surface area (Å²) in [5, 5.41) is 12.1. The lowest BCUT2D eigenvalue weighted by Gasteiger charge is -2.08. The molecule has 110 valence electrons. The third-order valence-corrected chi connectivity index (χ3v) is 3.43. The first kappa shape index (κ1) is 15.5. The summed E-state index contributed by atoms with van der Waals surface area (Å²) >= 11 is 3.25. The van der Waals surface area contributed by atoms with Gasteiger partial charge in [-0.25, -0.2) is 4.39 Å². The number of hydrogen-bond donors (Lipinski definition) is 1. The predicted molar refractivity (Wildman–Crippen MR) is 83.5 cm³/mol. The summed E-state index contributed by atoms with van der Waals surface area (Å²) in [6.45, 7) is 2.20. The van der Waals surface area contributed by atoms with Gasteiger partial charge >= 0.3 is 0 Å². The molecule has 0 heterocycles. The molecule has 0 unspecified atom stereocenters. The van der Waals surface area contributed by atoms with Gasteiger partial charge in [0.2, 0.25) is 0 Å². The predicted octanol–water partition coefficient (Wildman–Crippen LogP) is 4.76. The smallest absolute Gasteiger partial charge is 0.124 e. The van der Waals surface area contributed by atoms with E-state index < -0.39 is 0 Å². The van der Waals surface area contributed by atoms with E-state index in [0.717, 1.165) is 11.1 Å². The minimum Gasteiger partial charge on any atom is -0.489 e. The van der Waals surface area contributed by atoms with E-state index in [1.54, 1.807) is 12.1 Å². The summed E-state index contributed by atoms with van der Waals surface area (Å²) < 4.78 is 19.5. The van der Waals surface area contributed by atoms with Crippen molar-refractivity contribution in [3.8, 4) is 5.75 Å². The Morgan fingerprint density at radius 2 is 1.95 bits per heavy atom. The number of nitrogens with zero attached hydrogens (tertiary/aromatic N) is 1. The maximum Gasteiger partial charge on any atom is 0.124 e. The Labute approximate surface area is 131 Å². The van der Waals surface area contributed by atoms with E-state index in [9.17, 15) is 4.39 Å². The van der Waals surface area contributed by atoms with Gasteiger partial charge in [0.15, 0.2) is 0 Å². The molecule has 0 aromatic heterocycles. The molecule has 21 heavy (non-hydrogen) atoms. The quantitative estimate of drug-likeness (QED) is 0.479. The minimum absolute atomic E-state index is 0.282. The lowest BCUT2D eigenvalue weighted by Crippen LogP contribution is -2.00. The molecule has 0 bridgehead atoms. The van der Waals surface area contributed by atoms with Crippen molar-refractivity contribution in [3.05, 3.63) is 63.9 Å². The van der Waals surface area contributed by atoms with Crippen LogP contribution in [0.15, 0.2) is 52.1 Å². The van der Waals surface area contributed by atoms with Gasteiger partial charge in [-0.1, -0.05) is 28.0 Å².